The number of carbonyl (C=O) groups excluding carboxylic acids is 1. The maximum atomic E-state index is 11.9. The number of hydrogen-bond donors (Lipinski definition) is 3. The van der Waals surface area contributed by atoms with Crippen molar-refractivity contribution in [3.63, 3.8) is 0 Å². The van der Waals surface area contributed by atoms with Crippen LogP contribution in [0.5, 0.6) is 0 Å². The molecule has 0 aliphatic heterocycles. The average molecular weight is 300 g/mol. The van der Waals surface area contributed by atoms with Gasteiger partial charge in [0.05, 0.1) is 18.6 Å². The zero-order valence-corrected chi connectivity index (χ0v) is 13.2. The highest BCUT2D eigenvalue weighted by Crippen LogP contribution is 2.31. The van der Waals surface area contributed by atoms with Crippen LogP contribution in [-0.2, 0) is 9.53 Å². The summed E-state index contributed by atoms with van der Waals surface area (Å²) in [5.74, 6) is -0.760. The molecule has 6 heteroatoms. The van der Waals surface area contributed by atoms with Gasteiger partial charge in [-0.2, -0.15) is 0 Å². The molecular weight excluding hydrogens is 272 g/mol. The molecule has 0 aromatic heterocycles. The topological polar surface area (TPSA) is 87.7 Å². The molecule has 0 aromatic carbocycles. The van der Waals surface area contributed by atoms with Gasteiger partial charge in [-0.25, -0.2) is 4.79 Å². The van der Waals surface area contributed by atoms with Crippen LogP contribution in [0.25, 0.3) is 0 Å². The van der Waals surface area contributed by atoms with Gasteiger partial charge < -0.3 is 20.5 Å². The normalized spacial score (nSPS) is 23.0. The molecule has 21 heavy (non-hydrogen) atoms. The van der Waals surface area contributed by atoms with Gasteiger partial charge in [0.15, 0.2) is 0 Å². The zero-order valence-electron chi connectivity index (χ0n) is 13.2. The monoisotopic (exact) mass is 300 g/mol. The Balaban J connectivity index is 2.36. The number of carbonyl (C=O) groups is 2. The summed E-state index contributed by atoms with van der Waals surface area (Å²) in [6, 6.07) is -0.284. The molecule has 3 unspecified atom stereocenters. The van der Waals surface area contributed by atoms with Crippen molar-refractivity contribution in [2.45, 2.75) is 46.1 Å². The van der Waals surface area contributed by atoms with Gasteiger partial charge in [-0.3, -0.25) is 4.79 Å². The summed E-state index contributed by atoms with van der Waals surface area (Å²) in [5.41, 5.74) is 0. The first kappa shape index (κ1) is 17.8. The lowest BCUT2D eigenvalue weighted by Gasteiger charge is -2.23. The lowest BCUT2D eigenvalue weighted by Crippen LogP contribution is -2.48. The van der Waals surface area contributed by atoms with Crippen LogP contribution in [0.4, 0.5) is 4.79 Å². The molecule has 122 valence electrons. The fourth-order valence-corrected chi connectivity index (χ4v) is 2.70. The van der Waals surface area contributed by atoms with Gasteiger partial charge >= 0.3 is 12.0 Å². The molecule has 1 aliphatic carbocycles. The van der Waals surface area contributed by atoms with E-state index in [1.54, 1.807) is 0 Å². The van der Waals surface area contributed by atoms with Crippen molar-refractivity contribution in [1.82, 2.24) is 10.6 Å². The smallest absolute Gasteiger partial charge is 0.315 e. The Morgan fingerprint density at radius 3 is 2.62 bits per heavy atom. The van der Waals surface area contributed by atoms with Crippen LogP contribution in [-0.4, -0.2) is 42.9 Å². The van der Waals surface area contributed by atoms with Gasteiger partial charge in [0, 0.05) is 13.2 Å². The van der Waals surface area contributed by atoms with E-state index in [0.717, 1.165) is 12.8 Å². The van der Waals surface area contributed by atoms with Crippen molar-refractivity contribution < 1.29 is 19.4 Å². The third kappa shape index (κ3) is 5.91. The van der Waals surface area contributed by atoms with Crippen molar-refractivity contribution in [1.29, 1.82) is 0 Å². The molecular formula is C15H28N2O4. The molecule has 3 N–H and O–H groups in total. The number of carboxylic acids is 1. The first-order valence-electron chi connectivity index (χ1n) is 7.80. The molecule has 0 bridgehead atoms. The fourth-order valence-electron chi connectivity index (χ4n) is 2.70. The molecule has 0 heterocycles. The molecule has 1 fully saturated rings. The largest absolute Gasteiger partial charge is 0.481 e. The predicted octanol–water partition coefficient (Wildman–Crippen LogP) is 1.85. The summed E-state index contributed by atoms with van der Waals surface area (Å²) in [6.45, 7) is 7.51. The second kappa shape index (κ2) is 8.87. The summed E-state index contributed by atoms with van der Waals surface area (Å²) < 4.78 is 5.36. The van der Waals surface area contributed by atoms with Crippen LogP contribution in [0.2, 0.25) is 0 Å². The van der Waals surface area contributed by atoms with Crippen LogP contribution in [0.3, 0.4) is 0 Å². The van der Waals surface area contributed by atoms with E-state index in [2.05, 4.69) is 10.6 Å². The maximum Gasteiger partial charge on any atom is 0.315 e. The average Bonchev–Trinajstić information content (AvgIpc) is 2.89. The summed E-state index contributed by atoms with van der Waals surface area (Å²) in [7, 11) is 0. The summed E-state index contributed by atoms with van der Waals surface area (Å²) >= 11 is 0. The Labute approximate surface area is 126 Å². The van der Waals surface area contributed by atoms with Gasteiger partial charge in [-0.15, -0.1) is 0 Å². The van der Waals surface area contributed by atoms with Gasteiger partial charge in [0.25, 0.3) is 0 Å². The fraction of sp³-hybridized carbons (Fsp3) is 0.867. The van der Waals surface area contributed by atoms with Crippen LogP contribution >= 0.6 is 0 Å². The lowest BCUT2D eigenvalue weighted by molar-refractivity contribution is -0.142. The molecule has 1 rings (SSSR count). The number of rotatable bonds is 8. The third-order valence-electron chi connectivity index (χ3n) is 4.12. The second-order valence-corrected chi connectivity index (χ2v) is 6.00. The quantitative estimate of drug-likeness (QED) is 0.638. The molecule has 3 atom stereocenters. The Hall–Kier alpha value is -1.30. The molecule has 2 amide bonds. The van der Waals surface area contributed by atoms with Crippen molar-refractivity contribution in [2.75, 3.05) is 19.8 Å². The maximum absolute atomic E-state index is 11.9. The van der Waals surface area contributed by atoms with Crippen molar-refractivity contribution >= 4 is 12.0 Å². The third-order valence-corrected chi connectivity index (χ3v) is 4.12. The Kier molecular flexibility index (Phi) is 7.50. The van der Waals surface area contributed by atoms with E-state index in [1.807, 2.05) is 20.8 Å². The highest BCUT2D eigenvalue weighted by molar-refractivity contribution is 5.74. The number of nitrogens with one attached hydrogen (secondary N) is 2. The van der Waals surface area contributed by atoms with Crippen molar-refractivity contribution in [3.05, 3.63) is 0 Å². The molecule has 0 aromatic rings. The van der Waals surface area contributed by atoms with Gasteiger partial charge in [-0.1, -0.05) is 20.3 Å². The second-order valence-electron chi connectivity index (χ2n) is 6.00. The van der Waals surface area contributed by atoms with E-state index in [-0.39, 0.29) is 29.8 Å². The van der Waals surface area contributed by atoms with Gasteiger partial charge in [0.2, 0.25) is 0 Å². The Bertz CT molecular complexity index is 347. The first-order valence-corrected chi connectivity index (χ1v) is 7.80. The van der Waals surface area contributed by atoms with E-state index in [1.165, 1.54) is 0 Å². The minimum absolute atomic E-state index is 0.0381. The summed E-state index contributed by atoms with van der Waals surface area (Å²) in [5, 5.41) is 14.8. The predicted molar refractivity (Wildman–Crippen MR) is 80.1 cm³/mol. The zero-order chi connectivity index (χ0) is 15.8. The van der Waals surface area contributed by atoms with Crippen LogP contribution in [0.15, 0.2) is 0 Å². The van der Waals surface area contributed by atoms with E-state index >= 15 is 0 Å². The van der Waals surface area contributed by atoms with Gasteiger partial charge in [0.1, 0.15) is 0 Å². The number of amides is 2. The summed E-state index contributed by atoms with van der Waals surface area (Å²) in [4.78, 5) is 23.0. The van der Waals surface area contributed by atoms with E-state index in [4.69, 9.17) is 9.84 Å². The molecule has 0 radical (unpaired) electrons. The van der Waals surface area contributed by atoms with Crippen molar-refractivity contribution in [2.24, 2.45) is 17.8 Å². The molecule has 1 saturated carbocycles. The Morgan fingerprint density at radius 2 is 2.05 bits per heavy atom. The minimum Gasteiger partial charge on any atom is -0.481 e. The molecule has 6 nitrogen and oxygen atoms in total. The minimum atomic E-state index is -0.754. The number of ether oxygens (including phenoxy) is 1. The van der Waals surface area contributed by atoms with Gasteiger partial charge in [-0.05, 0) is 31.6 Å². The van der Waals surface area contributed by atoms with E-state index in [0.29, 0.717) is 26.2 Å². The standard InChI is InChI=1S/C15H28N2O4/c1-4-21-9-13(10(2)3)17-15(20)16-8-11-6-5-7-12(11)14(18)19/h10-13H,4-9H2,1-3H3,(H,18,19)(H2,16,17,20). The SMILES string of the molecule is CCOCC(NC(=O)NCC1CCCC1C(=O)O)C(C)C. The van der Waals surface area contributed by atoms with Crippen LogP contribution in [0, 0.1) is 17.8 Å². The number of aliphatic carboxylic acids is 1. The number of carboxylic acid groups (broad SMARTS) is 1. The molecule has 0 spiro atoms. The highest BCUT2D eigenvalue weighted by Gasteiger charge is 2.33. The summed E-state index contributed by atoms with van der Waals surface area (Å²) in [6.07, 6.45) is 2.50. The van der Waals surface area contributed by atoms with E-state index in [9.17, 15) is 9.59 Å². The van der Waals surface area contributed by atoms with Crippen LogP contribution in [0.1, 0.15) is 40.0 Å². The van der Waals surface area contributed by atoms with Crippen molar-refractivity contribution in [3.8, 4) is 0 Å². The molecule has 0 saturated heterocycles. The lowest BCUT2D eigenvalue weighted by atomic mass is 9.96. The highest BCUT2D eigenvalue weighted by atomic mass is 16.5. The number of urea groups is 1. The molecule has 1 aliphatic rings. The Morgan fingerprint density at radius 1 is 1.33 bits per heavy atom. The first-order chi connectivity index (χ1) is 9.95. The van der Waals surface area contributed by atoms with Crippen LogP contribution < -0.4 is 10.6 Å². The van der Waals surface area contributed by atoms with E-state index < -0.39 is 5.97 Å². The number of hydrogen-bond acceptors (Lipinski definition) is 3.